The third-order valence-corrected chi connectivity index (χ3v) is 6.75. The Kier molecular flexibility index (Phi) is 3.03. The lowest BCUT2D eigenvalue weighted by molar-refractivity contribution is -0.180. The van der Waals surface area contributed by atoms with Crippen molar-refractivity contribution in [3.63, 3.8) is 0 Å². The predicted octanol–water partition coefficient (Wildman–Crippen LogP) is 2.48. The van der Waals surface area contributed by atoms with Gasteiger partial charge in [0.25, 0.3) is 0 Å². The summed E-state index contributed by atoms with van der Waals surface area (Å²) in [6.07, 6.45) is 7.10. The van der Waals surface area contributed by atoms with Gasteiger partial charge in [-0.2, -0.15) is 0 Å². The topological polar surface area (TPSA) is 37.7 Å². The van der Waals surface area contributed by atoms with Crippen molar-refractivity contribution in [1.82, 2.24) is 9.88 Å². The van der Waals surface area contributed by atoms with E-state index < -0.39 is 0 Å². The first-order chi connectivity index (χ1) is 9.77. The molecule has 4 nitrogen and oxygen atoms in total. The minimum atomic E-state index is -0.101. The fourth-order valence-electron chi connectivity index (χ4n) is 3.91. The van der Waals surface area contributed by atoms with Gasteiger partial charge in [0.2, 0.25) is 0 Å². The largest absolute Gasteiger partial charge is 0.387 e. The van der Waals surface area contributed by atoms with Gasteiger partial charge in [-0.3, -0.25) is 9.88 Å². The van der Waals surface area contributed by atoms with Crippen LogP contribution in [-0.4, -0.2) is 45.3 Å². The summed E-state index contributed by atoms with van der Waals surface area (Å²) in [5.41, 5.74) is 2.37. The van der Waals surface area contributed by atoms with Gasteiger partial charge in [0.05, 0.1) is 5.71 Å². The highest BCUT2D eigenvalue weighted by atomic mass is 127. The van der Waals surface area contributed by atoms with Crippen molar-refractivity contribution in [2.75, 3.05) is 24.1 Å². The summed E-state index contributed by atoms with van der Waals surface area (Å²) in [6.45, 7) is 3.47. The summed E-state index contributed by atoms with van der Waals surface area (Å²) in [5, 5.41) is 4.44. The monoisotopic (exact) mass is 383 g/mol. The molecule has 5 heteroatoms. The summed E-state index contributed by atoms with van der Waals surface area (Å²) in [4.78, 5) is 12.8. The number of fused-ring (bicyclic) bond motifs is 2. The van der Waals surface area contributed by atoms with Crippen LogP contribution in [0.2, 0.25) is 0 Å². The molecule has 0 saturated carbocycles. The number of aromatic nitrogens is 1. The molecule has 4 aliphatic rings. The van der Waals surface area contributed by atoms with E-state index in [9.17, 15) is 0 Å². The third-order valence-electron chi connectivity index (χ3n) is 5.29. The molecule has 3 saturated heterocycles. The van der Waals surface area contributed by atoms with Crippen LogP contribution in [0.25, 0.3) is 0 Å². The van der Waals surface area contributed by atoms with E-state index in [1.807, 2.05) is 12.3 Å². The van der Waals surface area contributed by atoms with Crippen LogP contribution < -0.4 is 0 Å². The number of alkyl halides is 1. The van der Waals surface area contributed by atoms with E-state index in [2.05, 4.69) is 43.7 Å². The number of rotatable bonds is 2. The molecule has 3 fully saturated rings. The number of pyridine rings is 1. The molecule has 1 aromatic rings. The van der Waals surface area contributed by atoms with Crippen molar-refractivity contribution in [3.8, 4) is 0 Å². The van der Waals surface area contributed by atoms with E-state index in [0.29, 0.717) is 5.41 Å². The van der Waals surface area contributed by atoms with Crippen LogP contribution in [-0.2, 0) is 4.84 Å². The Bertz CT molecular complexity index is 539. The highest BCUT2D eigenvalue weighted by Gasteiger charge is 2.61. The molecule has 0 aromatic carbocycles. The zero-order chi connectivity index (χ0) is 13.6. The summed E-state index contributed by atoms with van der Waals surface area (Å²) in [7, 11) is 0. The maximum absolute atomic E-state index is 6.09. The van der Waals surface area contributed by atoms with Crippen LogP contribution in [0.4, 0.5) is 0 Å². The van der Waals surface area contributed by atoms with Crippen molar-refractivity contribution in [2.45, 2.75) is 24.9 Å². The van der Waals surface area contributed by atoms with Crippen LogP contribution >= 0.6 is 22.6 Å². The number of piperidine rings is 3. The molecule has 0 aliphatic carbocycles. The van der Waals surface area contributed by atoms with Gasteiger partial charge >= 0.3 is 0 Å². The third kappa shape index (κ3) is 1.75. The lowest BCUT2D eigenvalue weighted by atomic mass is 9.61. The summed E-state index contributed by atoms with van der Waals surface area (Å²) < 4.78 is 1.16. The Labute approximate surface area is 132 Å². The van der Waals surface area contributed by atoms with Crippen molar-refractivity contribution >= 4 is 28.3 Å². The molecule has 1 aromatic heterocycles. The molecular weight excluding hydrogens is 365 g/mol. The second kappa shape index (κ2) is 4.66. The van der Waals surface area contributed by atoms with Crippen LogP contribution in [0.5, 0.6) is 0 Å². The van der Waals surface area contributed by atoms with Crippen molar-refractivity contribution < 1.29 is 4.84 Å². The fourth-order valence-corrected chi connectivity index (χ4v) is 5.37. The van der Waals surface area contributed by atoms with E-state index in [-0.39, 0.29) is 5.60 Å². The summed E-state index contributed by atoms with van der Waals surface area (Å²) in [6, 6.07) is 4.04. The number of hydrogen-bond donors (Lipinski definition) is 0. The normalized spacial score (nSPS) is 38.9. The smallest absolute Gasteiger partial charge is 0.162 e. The second-order valence-corrected chi connectivity index (χ2v) is 6.99. The molecule has 5 rings (SSSR count). The highest BCUT2D eigenvalue weighted by Crippen LogP contribution is 2.54. The van der Waals surface area contributed by atoms with Gasteiger partial charge in [0.1, 0.15) is 0 Å². The molecule has 2 bridgehead atoms. The zero-order valence-electron chi connectivity index (χ0n) is 11.4. The molecule has 1 unspecified atom stereocenters. The number of hydrogen-bond acceptors (Lipinski definition) is 4. The second-order valence-electron chi connectivity index (χ2n) is 6.23. The number of oxime groups is 1. The SMILES string of the molecule is ICC12CCN(CC1)CC21CC(c2cccnc2)=NO1. The molecule has 20 heavy (non-hydrogen) atoms. The average molecular weight is 383 g/mol. The Balaban J connectivity index is 1.65. The quantitative estimate of drug-likeness (QED) is 0.582. The van der Waals surface area contributed by atoms with Gasteiger partial charge < -0.3 is 4.84 Å². The maximum atomic E-state index is 6.09. The summed E-state index contributed by atoms with van der Waals surface area (Å²) in [5.74, 6) is 0. The molecule has 0 radical (unpaired) electrons. The van der Waals surface area contributed by atoms with Crippen molar-refractivity contribution in [2.24, 2.45) is 10.6 Å². The van der Waals surface area contributed by atoms with Crippen LogP contribution in [0, 0.1) is 5.41 Å². The van der Waals surface area contributed by atoms with Crippen LogP contribution in [0.15, 0.2) is 29.7 Å². The molecule has 4 aliphatic heterocycles. The summed E-state index contributed by atoms with van der Waals surface area (Å²) >= 11 is 2.54. The van der Waals surface area contributed by atoms with E-state index in [1.165, 1.54) is 25.9 Å². The first kappa shape index (κ1) is 13.0. The highest BCUT2D eigenvalue weighted by molar-refractivity contribution is 14.1. The molecule has 1 atom stereocenters. The van der Waals surface area contributed by atoms with Crippen molar-refractivity contribution in [3.05, 3.63) is 30.1 Å². The Morgan fingerprint density at radius 3 is 2.90 bits per heavy atom. The van der Waals surface area contributed by atoms with Gasteiger partial charge in [0.15, 0.2) is 5.60 Å². The first-order valence-electron chi connectivity index (χ1n) is 7.21. The van der Waals surface area contributed by atoms with Gasteiger partial charge in [0, 0.05) is 40.8 Å². The zero-order valence-corrected chi connectivity index (χ0v) is 13.5. The van der Waals surface area contributed by atoms with E-state index in [1.54, 1.807) is 6.20 Å². The van der Waals surface area contributed by atoms with Gasteiger partial charge in [-0.25, -0.2) is 0 Å². The molecule has 1 spiro atoms. The van der Waals surface area contributed by atoms with Gasteiger partial charge in [-0.15, -0.1) is 0 Å². The lowest BCUT2D eigenvalue weighted by Gasteiger charge is -2.57. The molecule has 0 amide bonds. The van der Waals surface area contributed by atoms with Crippen molar-refractivity contribution in [1.29, 1.82) is 0 Å². The van der Waals surface area contributed by atoms with Gasteiger partial charge in [-0.1, -0.05) is 27.7 Å². The fraction of sp³-hybridized carbons (Fsp3) is 0.600. The number of nitrogens with zero attached hydrogens (tertiary/aromatic N) is 3. The minimum Gasteiger partial charge on any atom is -0.387 e. The molecule has 106 valence electrons. The Morgan fingerprint density at radius 2 is 2.20 bits per heavy atom. The minimum absolute atomic E-state index is 0.101. The van der Waals surface area contributed by atoms with Crippen LogP contribution in [0.3, 0.4) is 0 Å². The Morgan fingerprint density at radius 1 is 1.35 bits per heavy atom. The first-order valence-corrected chi connectivity index (χ1v) is 8.73. The standard InChI is InChI=1S/C15H18IN3O/c16-10-14-3-6-19(7-4-14)11-15(14)8-13(18-20-15)12-2-1-5-17-9-12/h1-2,5,9H,3-4,6-8,10-11H2. The Hall–Kier alpha value is -0.690. The van der Waals surface area contributed by atoms with E-state index in [0.717, 1.165) is 28.7 Å². The van der Waals surface area contributed by atoms with E-state index >= 15 is 0 Å². The molecule has 0 N–H and O–H groups in total. The van der Waals surface area contributed by atoms with Gasteiger partial charge in [-0.05, 0) is 38.1 Å². The predicted molar refractivity (Wildman–Crippen MR) is 86.2 cm³/mol. The van der Waals surface area contributed by atoms with Crippen LogP contribution in [0.1, 0.15) is 24.8 Å². The number of halogens is 1. The van der Waals surface area contributed by atoms with E-state index in [4.69, 9.17) is 4.84 Å². The average Bonchev–Trinajstić information content (AvgIpc) is 2.94. The maximum Gasteiger partial charge on any atom is 0.162 e. The lowest BCUT2D eigenvalue weighted by Crippen LogP contribution is -2.66. The molecular formula is C15H18IN3O. The molecule has 5 heterocycles.